The largest absolute Gasteiger partial charge is 0.378 e. The van der Waals surface area contributed by atoms with Crippen molar-refractivity contribution in [3.8, 4) is 23.1 Å². The Morgan fingerprint density at radius 2 is 2.09 bits per heavy atom. The standard InChI is InChI=1S/C16H14ClN5O/c1-16(2,23)4-3-9-5-10-11(7-20-14(10)19-6-9)13-12(17)8-21-15(18)22-13/h5-8,23H,1-2H3,(H,19,20)(H2,18,21,22). The van der Waals surface area contributed by atoms with Gasteiger partial charge in [0.15, 0.2) is 0 Å². The number of H-pyrrole nitrogens is 1. The molecule has 4 N–H and O–H groups in total. The summed E-state index contributed by atoms with van der Waals surface area (Å²) in [7, 11) is 0. The summed E-state index contributed by atoms with van der Waals surface area (Å²) >= 11 is 6.17. The van der Waals surface area contributed by atoms with Gasteiger partial charge in [-0.2, -0.15) is 0 Å². The summed E-state index contributed by atoms with van der Waals surface area (Å²) in [5.74, 6) is 5.81. The van der Waals surface area contributed by atoms with Crippen LogP contribution in [-0.2, 0) is 0 Å². The maximum atomic E-state index is 9.70. The van der Waals surface area contributed by atoms with Crippen LogP contribution in [0.1, 0.15) is 19.4 Å². The molecular weight excluding hydrogens is 314 g/mol. The zero-order chi connectivity index (χ0) is 16.6. The number of nitrogens with zero attached hydrogens (tertiary/aromatic N) is 3. The molecule has 3 aromatic rings. The van der Waals surface area contributed by atoms with Crippen LogP contribution in [-0.4, -0.2) is 30.6 Å². The van der Waals surface area contributed by atoms with Crippen LogP contribution in [0, 0.1) is 11.8 Å². The monoisotopic (exact) mass is 327 g/mol. The smallest absolute Gasteiger partial charge is 0.220 e. The minimum atomic E-state index is -1.07. The summed E-state index contributed by atoms with van der Waals surface area (Å²) in [5, 5.41) is 10.9. The number of aromatic nitrogens is 4. The van der Waals surface area contributed by atoms with E-state index in [-0.39, 0.29) is 5.95 Å². The Balaban J connectivity index is 2.15. The predicted molar refractivity (Wildman–Crippen MR) is 89.7 cm³/mol. The van der Waals surface area contributed by atoms with Crippen molar-refractivity contribution in [3.63, 3.8) is 0 Å². The van der Waals surface area contributed by atoms with Crippen LogP contribution in [0.5, 0.6) is 0 Å². The first-order valence-corrected chi connectivity index (χ1v) is 7.22. The highest BCUT2D eigenvalue weighted by Crippen LogP contribution is 2.31. The number of aliphatic hydroxyl groups is 1. The Kier molecular flexibility index (Phi) is 3.68. The SMILES string of the molecule is CC(C)(O)C#Cc1cnc2[nH]cc(-c3nc(N)ncc3Cl)c2c1. The second-order valence-electron chi connectivity index (χ2n) is 5.56. The van der Waals surface area contributed by atoms with Gasteiger partial charge in [0.05, 0.1) is 16.9 Å². The molecule has 3 rings (SSSR count). The van der Waals surface area contributed by atoms with Crippen LogP contribution < -0.4 is 5.73 Å². The predicted octanol–water partition coefficient (Wildman–Crippen LogP) is 2.38. The van der Waals surface area contributed by atoms with E-state index in [1.165, 1.54) is 6.20 Å². The van der Waals surface area contributed by atoms with Gasteiger partial charge in [-0.15, -0.1) is 0 Å². The molecule has 0 radical (unpaired) electrons. The van der Waals surface area contributed by atoms with Crippen LogP contribution in [0.15, 0.2) is 24.7 Å². The summed E-state index contributed by atoms with van der Waals surface area (Å²) in [6.07, 6.45) is 4.86. The third-order valence-electron chi connectivity index (χ3n) is 3.06. The van der Waals surface area contributed by atoms with E-state index < -0.39 is 5.60 Å². The van der Waals surface area contributed by atoms with Crippen molar-refractivity contribution in [2.75, 3.05) is 5.73 Å². The van der Waals surface area contributed by atoms with Crippen molar-refractivity contribution >= 4 is 28.6 Å². The molecule has 0 spiro atoms. The van der Waals surface area contributed by atoms with Crippen molar-refractivity contribution in [3.05, 3.63) is 35.2 Å². The van der Waals surface area contributed by atoms with E-state index in [1.54, 1.807) is 26.2 Å². The second-order valence-corrected chi connectivity index (χ2v) is 5.96. The van der Waals surface area contributed by atoms with Gasteiger partial charge in [-0.05, 0) is 19.9 Å². The van der Waals surface area contributed by atoms with Crippen molar-refractivity contribution in [2.45, 2.75) is 19.4 Å². The van der Waals surface area contributed by atoms with Crippen molar-refractivity contribution in [1.29, 1.82) is 0 Å². The van der Waals surface area contributed by atoms with Crippen molar-refractivity contribution in [2.24, 2.45) is 0 Å². The highest BCUT2D eigenvalue weighted by molar-refractivity contribution is 6.33. The van der Waals surface area contributed by atoms with E-state index >= 15 is 0 Å². The molecule has 3 heterocycles. The van der Waals surface area contributed by atoms with E-state index in [2.05, 4.69) is 31.8 Å². The zero-order valence-corrected chi connectivity index (χ0v) is 13.3. The summed E-state index contributed by atoms with van der Waals surface area (Å²) in [4.78, 5) is 15.4. The van der Waals surface area contributed by atoms with E-state index in [0.29, 0.717) is 21.9 Å². The Morgan fingerprint density at radius 1 is 1.30 bits per heavy atom. The van der Waals surface area contributed by atoms with Gasteiger partial charge >= 0.3 is 0 Å². The zero-order valence-electron chi connectivity index (χ0n) is 12.6. The van der Waals surface area contributed by atoms with Gasteiger partial charge in [0.1, 0.15) is 11.2 Å². The molecule has 0 atom stereocenters. The quantitative estimate of drug-likeness (QED) is 0.596. The molecule has 0 unspecified atom stereocenters. The lowest BCUT2D eigenvalue weighted by Gasteiger charge is -2.06. The van der Waals surface area contributed by atoms with Gasteiger partial charge in [0, 0.05) is 28.9 Å². The molecular formula is C16H14ClN5O. The van der Waals surface area contributed by atoms with Crippen LogP contribution in [0.2, 0.25) is 5.02 Å². The Morgan fingerprint density at radius 3 is 2.83 bits per heavy atom. The topological polar surface area (TPSA) is 101 Å². The van der Waals surface area contributed by atoms with E-state index in [4.69, 9.17) is 17.3 Å². The second kappa shape index (κ2) is 5.54. The average Bonchev–Trinajstić information content (AvgIpc) is 2.90. The molecule has 0 amide bonds. The fourth-order valence-corrected chi connectivity index (χ4v) is 2.26. The summed E-state index contributed by atoms with van der Waals surface area (Å²) in [5.41, 5.74) is 7.23. The number of nitrogen functional groups attached to an aromatic ring is 1. The molecule has 0 aliphatic heterocycles. The fraction of sp³-hybridized carbons (Fsp3) is 0.188. The highest BCUT2D eigenvalue weighted by atomic mass is 35.5. The Hall–Kier alpha value is -2.62. The van der Waals surface area contributed by atoms with E-state index in [1.807, 2.05) is 6.07 Å². The number of fused-ring (bicyclic) bond motifs is 1. The van der Waals surface area contributed by atoms with Gasteiger partial charge in [-0.1, -0.05) is 23.4 Å². The van der Waals surface area contributed by atoms with Gasteiger partial charge in [-0.3, -0.25) is 0 Å². The van der Waals surface area contributed by atoms with Crippen LogP contribution in [0.3, 0.4) is 0 Å². The molecule has 23 heavy (non-hydrogen) atoms. The minimum Gasteiger partial charge on any atom is -0.378 e. The molecule has 0 saturated heterocycles. The van der Waals surface area contributed by atoms with Crippen molar-refractivity contribution < 1.29 is 5.11 Å². The molecule has 3 aromatic heterocycles. The molecule has 7 heteroatoms. The third-order valence-corrected chi connectivity index (χ3v) is 3.34. The Bertz CT molecular complexity index is 946. The lowest BCUT2D eigenvalue weighted by atomic mass is 10.1. The number of anilines is 1. The van der Waals surface area contributed by atoms with Gasteiger partial charge in [0.25, 0.3) is 0 Å². The van der Waals surface area contributed by atoms with E-state index in [9.17, 15) is 5.11 Å². The lowest BCUT2D eigenvalue weighted by molar-refractivity contribution is 0.143. The Labute approximate surface area is 137 Å². The molecule has 0 fully saturated rings. The number of halogens is 1. The molecule has 0 bridgehead atoms. The lowest BCUT2D eigenvalue weighted by Crippen LogP contribution is -2.14. The molecule has 0 aromatic carbocycles. The summed E-state index contributed by atoms with van der Waals surface area (Å²) < 4.78 is 0. The van der Waals surface area contributed by atoms with Gasteiger partial charge in [-0.25, -0.2) is 15.0 Å². The van der Waals surface area contributed by atoms with Crippen LogP contribution in [0.25, 0.3) is 22.3 Å². The summed E-state index contributed by atoms with van der Waals surface area (Å²) in [6.45, 7) is 3.24. The van der Waals surface area contributed by atoms with Gasteiger partial charge in [0.2, 0.25) is 5.95 Å². The van der Waals surface area contributed by atoms with Crippen molar-refractivity contribution in [1.82, 2.24) is 19.9 Å². The number of nitrogens with one attached hydrogen (secondary N) is 1. The maximum absolute atomic E-state index is 9.70. The maximum Gasteiger partial charge on any atom is 0.220 e. The third kappa shape index (κ3) is 3.26. The number of rotatable bonds is 1. The first kappa shape index (κ1) is 15.3. The van der Waals surface area contributed by atoms with E-state index in [0.717, 1.165) is 10.9 Å². The highest BCUT2D eigenvalue weighted by Gasteiger charge is 2.13. The molecule has 0 saturated carbocycles. The molecule has 0 aliphatic carbocycles. The first-order chi connectivity index (χ1) is 10.8. The normalized spacial score (nSPS) is 11.3. The molecule has 6 nitrogen and oxygen atoms in total. The van der Waals surface area contributed by atoms with Crippen LogP contribution >= 0.6 is 11.6 Å². The number of nitrogens with two attached hydrogens (primary N) is 1. The van der Waals surface area contributed by atoms with Gasteiger partial charge < -0.3 is 15.8 Å². The summed E-state index contributed by atoms with van der Waals surface area (Å²) in [6, 6.07) is 1.86. The molecule has 0 aliphatic rings. The molecule has 116 valence electrons. The average molecular weight is 328 g/mol. The first-order valence-electron chi connectivity index (χ1n) is 6.84. The minimum absolute atomic E-state index is 0.143. The number of hydrogen-bond donors (Lipinski definition) is 3. The van der Waals surface area contributed by atoms with Crippen LogP contribution in [0.4, 0.5) is 5.95 Å². The fourth-order valence-electron chi connectivity index (χ4n) is 2.06. The number of hydrogen-bond acceptors (Lipinski definition) is 5. The number of pyridine rings is 1. The number of aromatic amines is 1.